The number of hydrogen-bond donors (Lipinski definition) is 1. The molecule has 0 atom stereocenters. The molecule has 0 fully saturated rings. The lowest BCUT2D eigenvalue weighted by Crippen LogP contribution is -2.07. The van der Waals surface area contributed by atoms with E-state index in [9.17, 15) is 0 Å². The van der Waals surface area contributed by atoms with Crippen LogP contribution in [0.5, 0.6) is 11.5 Å². The molecule has 136 valence electrons. The molecule has 0 amide bonds. The van der Waals surface area contributed by atoms with Crippen LogP contribution in [-0.2, 0) is 6.54 Å². The van der Waals surface area contributed by atoms with Crippen molar-refractivity contribution in [1.82, 2.24) is 19.7 Å². The predicted molar refractivity (Wildman–Crippen MR) is 104 cm³/mol. The Kier molecular flexibility index (Phi) is 3.87. The number of benzene rings is 1. The zero-order chi connectivity index (χ0) is 18.4. The number of hydrogen-bond acceptors (Lipinski definition) is 7. The Labute approximate surface area is 163 Å². The molecule has 1 N–H and O–H groups in total. The summed E-state index contributed by atoms with van der Waals surface area (Å²) < 4.78 is 12.4. The summed E-state index contributed by atoms with van der Waals surface area (Å²) in [6, 6.07) is 7.70. The fraction of sp³-hybridized carbons (Fsp3) is 0.167. The highest BCUT2D eigenvalue weighted by Gasteiger charge is 2.18. The summed E-state index contributed by atoms with van der Waals surface area (Å²) in [5.74, 6) is 2.69. The van der Waals surface area contributed by atoms with Crippen LogP contribution in [0.25, 0.3) is 16.2 Å². The number of halogens is 1. The number of fused-ring (bicyclic) bond motifs is 2. The van der Waals surface area contributed by atoms with Gasteiger partial charge >= 0.3 is 0 Å². The van der Waals surface area contributed by atoms with Crippen LogP contribution in [0, 0.1) is 6.92 Å². The Morgan fingerprint density at radius 1 is 1.26 bits per heavy atom. The van der Waals surface area contributed by atoms with E-state index in [0.29, 0.717) is 23.3 Å². The molecule has 1 aliphatic heterocycles. The zero-order valence-electron chi connectivity index (χ0n) is 14.3. The maximum Gasteiger partial charge on any atom is 0.253 e. The second-order valence-corrected chi connectivity index (χ2v) is 7.60. The lowest BCUT2D eigenvalue weighted by Gasteiger charge is -2.10. The van der Waals surface area contributed by atoms with Crippen molar-refractivity contribution in [1.29, 1.82) is 0 Å². The third-order valence-electron chi connectivity index (χ3n) is 4.25. The smallest absolute Gasteiger partial charge is 0.253 e. The molecule has 27 heavy (non-hydrogen) atoms. The van der Waals surface area contributed by atoms with E-state index >= 15 is 0 Å². The molecule has 5 rings (SSSR count). The molecule has 0 saturated heterocycles. The summed E-state index contributed by atoms with van der Waals surface area (Å²) >= 11 is 8.06. The van der Waals surface area contributed by atoms with Crippen LogP contribution in [0.15, 0.2) is 36.7 Å². The Hall–Kier alpha value is -2.84. The van der Waals surface area contributed by atoms with E-state index in [-0.39, 0.29) is 6.79 Å². The van der Waals surface area contributed by atoms with E-state index in [2.05, 4.69) is 20.4 Å². The average molecular weight is 400 g/mol. The largest absolute Gasteiger partial charge is 0.454 e. The van der Waals surface area contributed by atoms with Gasteiger partial charge in [-0.25, -0.2) is 4.68 Å². The van der Waals surface area contributed by atoms with Crippen LogP contribution in [-0.4, -0.2) is 26.5 Å². The summed E-state index contributed by atoms with van der Waals surface area (Å²) in [7, 11) is 0. The fourth-order valence-corrected chi connectivity index (χ4v) is 4.18. The van der Waals surface area contributed by atoms with Crippen molar-refractivity contribution in [2.24, 2.45) is 0 Å². The molecule has 0 unspecified atom stereocenters. The van der Waals surface area contributed by atoms with Crippen molar-refractivity contribution in [2.75, 3.05) is 12.1 Å². The molecule has 7 nitrogen and oxygen atoms in total. The molecule has 3 aromatic heterocycles. The van der Waals surface area contributed by atoms with E-state index in [1.54, 1.807) is 22.2 Å². The summed E-state index contributed by atoms with van der Waals surface area (Å²) in [6.07, 6.45) is 3.50. The second kappa shape index (κ2) is 6.40. The van der Waals surface area contributed by atoms with Crippen molar-refractivity contribution >= 4 is 39.0 Å². The van der Waals surface area contributed by atoms with E-state index in [4.69, 9.17) is 21.1 Å². The van der Waals surface area contributed by atoms with Crippen LogP contribution in [0.1, 0.15) is 10.4 Å². The van der Waals surface area contributed by atoms with Crippen molar-refractivity contribution < 1.29 is 9.47 Å². The fourth-order valence-electron chi connectivity index (χ4n) is 2.92. The van der Waals surface area contributed by atoms with Gasteiger partial charge in [-0.05, 0) is 30.7 Å². The third-order valence-corrected chi connectivity index (χ3v) is 5.83. The first-order chi connectivity index (χ1) is 13.2. The van der Waals surface area contributed by atoms with Crippen molar-refractivity contribution in [3.05, 3.63) is 52.1 Å². The summed E-state index contributed by atoms with van der Waals surface area (Å²) in [4.78, 5) is 11.1. The van der Waals surface area contributed by atoms with Gasteiger partial charge < -0.3 is 14.8 Å². The standard InChI is InChI=1S/C18H14ClN5O2S/c1-10-15(19)14-16(20-8-11-3-4-12-13(7-11)26-9-25-12)22-18(23-17(14)27-10)24-6-2-5-21-24/h2-7H,8-9H2,1H3,(H,20,22,23). The van der Waals surface area contributed by atoms with Crippen LogP contribution >= 0.6 is 22.9 Å². The number of aromatic nitrogens is 4. The average Bonchev–Trinajstić information content (AvgIpc) is 3.40. The van der Waals surface area contributed by atoms with Crippen molar-refractivity contribution in [3.8, 4) is 17.4 Å². The molecule has 0 saturated carbocycles. The molecule has 9 heteroatoms. The maximum atomic E-state index is 6.51. The SMILES string of the molecule is Cc1sc2nc(-n3cccn3)nc(NCc3ccc4c(c3)OCO4)c2c1Cl. The monoisotopic (exact) mass is 399 g/mol. The molecule has 0 aliphatic carbocycles. The number of rotatable bonds is 4. The predicted octanol–water partition coefficient (Wildman–Crippen LogP) is 4.18. The van der Waals surface area contributed by atoms with E-state index in [1.807, 2.05) is 37.4 Å². The highest BCUT2D eigenvalue weighted by atomic mass is 35.5. The number of ether oxygens (including phenoxy) is 2. The van der Waals surface area contributed by atoms with Gasteiger partial charge in [0, 0.05) is 23.8 Å². The van der Waals surface area contributed by atoms with E-state index in [1.165, 1.54) is 0 Å². The van der Waals surface area contributed by atoms with Gasteiger partial charge in [-0.3, -0.25) is 0 Å². The Balaban J connectivity index is 1.53. The van der Waals surface area contributed by atoms with Crippen LogP contribution in [0.3, 0.4) is 0 Å². The number of nitrogens with zero attached hydrogens (tertiary/aromatic N) is 4. The highest BCUT2D eigenvalue weighted by Crippen LogP contribution is 2.38. The molecular formula is C18H14ClN5O2S. The summed E-state index contributed by atoms with van der Waals surface area (Å²) in [6.45, 7) is 2.80. The minimum atomic E-state index is 0.260. The lowest BCUT2D eigenvalue weighted by molar-refractivity contribution is 0.174. The Morgan fingerprint density at radius 3 is 3.00 bits per heavy atom. The molecule has 1 aromatic carbocycles. The van der Waals surface area contributed by atoms with E-state index < -0.39 is 0 Å². The third kappa shape index (κ3) is 2.87. The van der Waals surface area contributed by atoms with Gasteiger partial charge in [0.05, 0.1) is 10.4 Å². The summed E-state index contributed by atoms with van der Waals surface area (Å²) in [5, 5.41) is 9.12. The number of thiophene rings is 1. The first-order valence-electron chi connectivity index (χ1n) is 8.28. The van der Waals surface area contributed by atoms with Gasteiger partial charge in [0.2, 0.25) is 6.79 Å². The normalized spacial score (nSPS) is 12.7. The topological polar surface area (TPSA) is 74.1 Å². The molecule has 0 spiro atoms. The zero-order valence-corrected chi connectivity index (χ0v) is 15.8. The molecule has 4 heterocycles. The Bertz CT molecular complexity index is 1140. The van der Waals surface area contributed by atoms with Crippen LogP contribution in [0.2, 0.25) is 5.02 Å². The second-order valence-electron chi connectivity index (χ2n) is 6.02. The minimum absolute atomic E-state index is 0.260. The lowest BCUT2D eigenvalue weighted by atomic mass is 10.2. The molecule has 0 bridgehead atoms. The van der Waals surface area contributed by atoms with Gasteiger partial charge in [0.15, 0.2) is 11.5 Å². The van der Waals surface area contributed by atoms with Crippen LogP contribution in [0.4, 0.5) is 5.82 Å². The van der Waals surface area contributed by atoms with Gasteiger partial charge in [-0.1, -0.05) is 17.7 Å². The molecular weight excluding hydrogens is 386 g/mol. The molecule has 4 aromatic rings. The number of anilines is 1. The maximum absolute atomic E-state index is 6.51. The highest BCUT2D eigenvalue weighted by molar-refractivity contribution is 7.19. The number of aryl methyl sites for hydroxylation is 1. The first kappa shape index (κ1) is 16.3. The molecule has 0 radical (unpaired) electrons. The number of nitrogens with one attached hydrogen (secondary N) is 1. The van der Waals surface area contributed by atoms with Crippen LogP contribution < -0.4 is 14.8 Å². The van der Waals surface area contributed by atoms with Gasteiger partial charge in [-0.2, -0.15) is 15.1 Å². The van der Waals surface area contributed by atoms with Gasteiger partial charge in [0.1, 0.15) is 10.6 Å². The first-order valence-corrected chi connectivity index (χ1v) is 9.47. The van der Waals surface area contributed by atoms with Gasteiger partial charge in [0.25, 0.3) is 5.95 Å². The molecule has 1 aliphatic rings. The Morgan fingerprint density at radius 2 is 2.15 bits per heavy atom. The minimum Gasteiger partial charge on any atom is -0.454 e. The summed E-state index contributed by atoms with van der Waals surface area (Å²) in [5.41, 5.74) is 1.05. The quantitative estimate of drug-likeness (QED) is 0.555. The van der Waals surface area contributed by atoms with Crippen molar-refractivity contribution in [2.45, 2.75) is 13.5 Å². The van der Waals surface area contributed by atoms with Crippen molar-refractivity contribution in [3.63, 3.8) is 0 Å². The van der Waals surface area contributed by atoms with E-state index in [0.717, 1.165) is 32.2 Å². The van der Waals surface area contributed by atoms with Gasteiger partial charge in [-0.15, -0.1) is 11.3 Å².